The lowest BCUT2D eigenvalue weighted by Gasteiger charge is -2.06. The fourth-order valence-electron chi connectivity index (χ4n) is 2.10. The maximum atomic E-state index is 11.8. The summed E-state index contributed by atoms with van der Waals surface area (Å²) in [7, 11) is 0. The van der Waals surface area contributed by atoms with Crippen LogP contribution in [0.3, 0.4) is 0 Å². The summed E-state index contributed by atoms with van der Waals surface area (Å²) in [6, 6.07) is 14.7. The molecule has 2 aromatic carbocycles. The fourth-order valence-corrected chi connectivity index (χ4v) is 2.48. The van der Waals surface area contributed by atoms with Crippen LogP contribution in [0.1, 0.15) is 11.1 Å². The molecule has 0 saturated heterocycles. The maximum absolute atomic E-state index is 11.8. The van der Waals surface area contributed by atoms with Gasteiger partial charge in [0.15, 0.2) is 0 Å². The molecule has 0 aliphatic carbocycles. The Kier molecular flexibility index (Phi) is 7.51. The molecule has 0 aromatic heterocycles. The van der Waals surface area contributed by atoms with Crippen molar-refractivity contribution in [2.24, 2.45) is 0 Å². The summed E-state index contributed by atoms with van der Waals surface area (Å²) in [5.41, 5.74) is 1.62. The van der Waals surface area contributed by atoms with E-state index in [1.165, 1.54) is 6.08 Å². The largest absolute Gasteiger partial charge is 0.354 e. The summed E-state index contributed by atoms with van der Waals surface area (Å²) in [6.45, 7) is 0.705. The molecule has 130 valence electrons. The van der Waals surface area contributed by atoms with E-state index < -0.39 is 0 Å². The van der Waals surface area contributed by atoms with Crippen LogP contribution < -0.4 is 10.6 Å². The van der Waals surface area contributed by atoms with E-state index in [1.807, 2.05) is 30.3 Å². The van der Waals surface area contributed by atoms with Gasteiger partial charge in [-0.3, -0.25) is 9.59 Å². The van der Waals surface area contributed by atoms with Gasteiger partial charge in [0.05, 0.1) is 16.5 Å². The number of nitrogens with one attached hydrogen (secondary N) is 2. The van der Waals surface area contributed by atoms with Gasteiger partial charge in [-0.25, -0.2) is 0 Å². The Labute approximate surface area is 156 Å². The van der Waals surface area contributed by atoms with Gasteiger partial charge in [-0.2, -0.15) is 0 Å². The SMILES string of the molecule is O=C(/C=C/c1cccc(Cl)c1Cl)NCCNC(=O)Cc1ccccc1. The zero-order valence-electron chi connectivity index (χ0n) is 13.5. The van der Waals surface area contributed by atoms with E-state index in [-0.39, 0.29) is 11.8 Å². The molecule has 0 saturated carbocycles. The van der Waals surface area contributed by atoms with Crippen LogP contribution in [-0.2, 0) is 16.0 Å². The summed E-state index contributed by atoms with van der Waals surface area (Å²) >= 11 is 12.0. The molecule has 2 aromatic rings. The minimum atomic E-state index is -0.270. The highest BCUT2D eigenvalue weighted by Gasteiger charge is 2.03. The summed E-state index contributed by atoms with van der Waals surface area (Å²) in [6.07, 6.45) is 3.29. The number of carbonyl (C=O) groups excluding carboxylic acids is 2. The predicted octanol–water partition coefficient (Wildman–Crippen LogP) is 3.48. The molecule has 0 heterocycles. The van der Waals surface area contributed by atoms with Gasteiger partial charge in [0, 0.05) is 19.2 Å². The number of amides is 2. The molecule has 0 aliphatic rings. The number of benzene rings is 2. The third-order valence-corrected chi connectivity index (χ3v) is 4.18. The lowest BCUT2D eigenvalue weighted by atomic mass is 10.1. The van der Waals surface area contributed by atoms with E-state index in [0.717, 1.165) is 5.56 Å². The molecule has 0 bridgehead atoms. The average Bonchev–Trinajstić information content (AvgIpc) is 2.61. The summed E-state index contributed by atoms with van der Waals surface area (Å²) in [4.78, 5) is 23.5. The lowest BCUT2D eigenvalue weighted by molar-refractivity contribution is -0.121. The Hall–Kier alpha value is -2.30. The molecular weight excluding hydrogens is 359 g/mol. The van der Waals surface area contributed by atoms with E-state index in [1.54, 1.807) is 24.3 Å². The number of carbonyl (C=O) groups is 2. The number of rotatable bonds is 7. The summed E-state index contributed by atoms with van der Waals surface area (Å²) in [5, 5.41) is 6.29. The molecule has 25 heavy (non-hydrogen) atoms. The van der Waals surface area contributed by atoms with Gasteiger partial charge < -0.3 is 10.6 Å². The zero-order chi connectivity index (χ0) is 18.1. The predicted molar refractivity (Wildman–Crippen MR) is 102 cm³/mol. The first kappa shape index (κ1) is 19.0. The Morgan fingerprint density at radius 1 is 0.920 bits per heavy atom. The monoisotopic (exact) mass is 376 g/mol. The maximum Gasteiger partial charge on any atom is 0.244 e. The third-order valence-electron chi connectivity index (χ3n) is 3.35. The molecule has 2 N–H and O–H groups in total. The van der Waals surface area contributed by atoms with Crippen LogP contribution in [-0.4, -0.2) is 24.9 Å². The molecule has 0 atom stereocenters. The van der Waals surface area contributed by atoms with Crippen molar-refractivity contribution in [1.82, 2.24) is 10.6 Å². The molecule has 0 radical (unpaired) electrons. The first-order valence-corrected chi connectivity index (χ1v) is 8.52. The molecule has 0 spiro atoms. The normalized spacial score (nSPS) is 10.6. The van der Waals surface area contributed by atoms with Crippen LogP contribution in [0.2, 0.25) is 10.0 Å². The Morgan fingerprint density at radius 3 is 2.40 bits per heavy atom. The van der Waals surface area contributed by atoms with E-state index in [2.05, 4.69) is 10.6 Å². The minimum absolute atomic E-state index is 0.0818. The second-order valence-corrected chi connectivity index (χ2v) is 6.06. The number of hydrogen-bond acceptors (Lipinski definition) is 2. The minimum Gasteiger partial charge on any atom is -0.354 e. The highest BCUT2D eigenvalue weighted by molar-refractivity contribution is 6.42. The summed E-state index contributed by atoms with van der Waals surface area (Å²) < 4.78 is 0. The van der Waals surface area contributed by atoms with Gasteiger partial charge in [0.1, 0.15) is 0 Å². The molecule has 0 unspecified atom stereocenters. The third kappa shape index (κ3) is 6.61. The Bertz CT molecular complexity index is 761. The lowest BCUT2D eigenvalue weighted by Crippen LogP contribution is -2.34. The first-order valence-electron chi connectivity index (χ1n) is 7.77. The van der Waals surface area contributed by atoms with Crippen molar-refractivity contribution in [2.45, 2.75) is 6.42 Å². The molecule has 0 fully saturated rings. The Balaban J connectivity index is 1.69. The number of hydrogen-bond donors (Lipinski definition) is 2. The second-order valence-electron chi connectivity index (χ2n) is 5.28. The highest BCUT2D eigenvalue weighted by Crippen LogP contribution is 2.26. The van der Waals surface area contributed by atoms with Crippen molar-refractivity contribution in [3.05, 3.63) is 75.8 Å². The van der Waals surface area contributed by atoms with Gasteiger partial charge in [-0.15, -0.1) is 0 Å². The van der Waals surface area contributed by atoms with Crippen LogP contribution in [0.15, 0.2) is 54.6 Å². The van der Waals surface area contributed by atoms with E-state index in [4.69, 9.17) is 23.2 Å². The number of halogens is 2. The molecule has 6 heteroatoms. The quantitative estimate of drug-likeness (QED) is 0.573. The molecule has 2 rings (SSSR count). The van der Waals surface area contributed by atoms with Crippen LogP contribution in [0, 0.1) is 0 Å². The van der Waals surface area contributed by atoms with Crippen LogP contribution in [0.4, 0.5) is 0 Å². The zero-order valence-corrected chi connectivity index (χ0v) is 15.0. The van der Waals surface area contributed by atoms with Crippen molar-refractivity contribution in [3.63, 3.8) is 0 Å². The van der Waals surface area contributed by atoms with Gasteiger partial charge in [0.2, 0.25) is 11.8 Å². The van der Waals surface area contributed by atoms with Gasteiger partial charge in [0.25, 0.3) is 0 Å². The van der Waals surface area contributed by atoms with Crippen molar-refractivity contribution in [2.75, 3.05) is 13.1 Å². The van der Waals surface area contributed by atoms with Gasteiger partial charge >= 0.3 is 0 Å². The van der Waals surface area contributed by atoms with Crippen molar-refractivity contribution >= 4 is 41.1 Å². The van der Waals surface area contributed by atoms with Gasteiger partial charge in [-0.1, -0.05) is 65.7 Å². The topological polar surface area (TPSA) is 58.2 Å². The van der Waals surface area contributed by atoms with Crippen molar-refractivity contribution in [3.8, 4) is 0 Å². The van der Waals surface area contributed by atoms with Crippen LogP contribution >= 0.6 is 23.2 Å². The van der Waals surface area contributed by atoms with Crippen molar-refractivity contribution in [1.29, 1.82) is 0 Å². The standard InChI is InChI=1S/C19H18Cl2N2O2/c20-16-8-4-7-15(19(16)21)9-10-17(24)22-11-12-23-18(25)13-14-5-2-1-3-6-14/h1-10H,11-13H2,(H,22,24)(H,23,25)/b10-9+. The molecule has 0 aliphatic heterocycles. The average molecular weight is 377 g/mol. The highest BCUT2D eigenvalue weighted by atomic mass is 35.5. The first-order chi connectivity index (χ1) is 12.1. The second kappa shape index (κ2) is 9.87. The van der Waals surface area contributed by atoms with Gasteiger partial charge in [-0.05, 0) is 23.3 Å². The summed E-state index contributed by atoms with van der Waals surface area (Å²) in [5.74, 6) is -0.352. The molecule has 2 amide bonds. The van der Waals surface area contributed by atoms with Crippen LogP contribution in [0.5, 0.6) is 0 Å². The fraction of sp³-hybridized carbons (Fsp3) is 0.158. The smallest absolute Gasteiger partial charge is 0.244 e. The van der Waals surface area contributed by atoms with E-state index >= 15 is 0 Å². The van der Waals surface area contributed by atoms with E-state index in [9.17, 15) is 9.59 Å². The van der Waals surface area contributed by atoms with E-state index in [0.29, 0.717) is 35.1 Å². The Morgan fingerprint density at radius 2 is 1.64 bits per heavy atom. The molecule has 4 nitrogen and oxygen atoms in total. The van der Waals surface area contributed by atoms with Crippen LogP contribution in [0.25, 0.3) is 6.08 Å². The molecular formula is C19H18Cl2N2O2. The van der Waals surface area contributed by atoms with Crippen molar-refractivity contribution < 1.29 is 9.59 Å².